The Kier molecular flexibility index (Phi) is 4.65. The van der Waals surface area contributed by atoms with Crippen molar-refractivity contribution in [2.75, 3.05) is 0 Å². The summed E-state index contributed by atoms with van der Waals surface area (Å²) in [6.07, 6.45) is 0. The molecule has 1 aromatic heterocycles. The van der Waals surface area contributed by atoms with Gasteiger partial charge in [0.1, 0.15) is 0 Å². The molecular weight excluding hydrogens is 268 g/mol. The lowest BCUT2D eigenvalue weighted by molar-refractivity contribution is -0.120. The number of para-hydroxylation sites is 1. The Morgan fingerprint density at radius 2 is 1.95 bits per heavy atom. The predicted molar refractivity (Wildman–Crippen MR) is 85.1 cm³/mol. The van der Waals surface area contributed by atoms with Gasteiger partial charge in [0.05, 0.1) is 15.8 Å². The summed E-state index contributed by atoms with van der Waals surface area (Å²) in [4.78, 5) is 16.6. The number of aryl methyl sites for hydroxylation is 1. The van der Waals surface area contributed by atoms with Crippen LogP contribution in [0.5, 0.6) is 0 Å². The molecule has 1 heterocycles. The van der Waals surface area contributed by atoms with E-state index >= 15 is 0 Å². The predicted octanol–water partition coefficient (Wildman–Crippen LogP) is 3.55. The first-order valence-corrected chi connectivity index (χ1v) is 7.68. The highest BCUT2D eigenvalue weighted by Gasteiger charge is 2.16. The van der Waals surface area contributed by atoms with Crippen LogP contribution in [0.3, 0.4) is 0 Å². The summed E-state index contributed by atoms with van der Waals surface area (Å²) in [6.45, 7) is 7.92. The number of aromatic nitrogens is 1. The van der Waals surface area contributed by atoms with Crippen molar-refractivity contribution in [2.24, 2.45) is 0 Å². The van der Waals surface area contributed by atoms with Gasteiger partial charge < -0.3 is 5.32 Å². The maximum atomic E-state index is 11.9. The molecule has 0 radical (unpaired) electrons. The quantitative estimate of drug-likeness (QED) is 0.875. The number of amides is 1. The molecule has 2 aromatic rings. The molecular formula is C16H20N2OS. The molecule has 3 nitrogen and oxygen atoms in total. The van der Waals surface area contributed by atoms with E-state index in [1.165, 1.54) is 17.3 Å². The summed E-state index contributed by atoms with van der Waals surface area (Å²) < 4.78 is 0. The first kappa shape index (κ1) is 14.9. The Morgan fingerprint density at radius 1 is 1.25 bits per heavy atom. The maximum Gasteiger partial charge on any atom is 0.233 e. The Hall–Kier alpha value is -1.55. The number of carbonyl (C=O) groups excluding carboxylic acids is 1. The summed E-state index contributed by atoms with van der Waals surface area (Å²) in [5.41, 5.74) is 2.17. The average Bonchev–Trinajstić information content (AvgIpc) is 2.38. The standard InChI is InChI=1S/C16H20N2OS/c1-10(2)17-16(19)12(4)20-15-9-11(3)13-7-5-6-8-14(13)18-15/h5-10,12H,1-4H3,(H,17,19)/t12-/m1/s1. The molecule has 0 fully saturated rings. The van der Waals surface area contributed by atoms with E-state index in [4.69, 9.17) is 0 Å². The number of rotatable bonds is 4. The van der Waals surface area contributed by atoms with Crippen LogP contribution in [0.15, 0.2) is 35.4 Å². The van der Waals surface area contributed by atoms with Crippen molar-refractivity contribution in [3.05, 3.63) is 35.9 Å². The van der Waals surface area contributed by atoms with Crippen molar-refractivity contribution in [1.29, 1.82) is 0 Å². The van der Waals surface area contributed by atoms with Crippen LogP contribution in [-0.2, 0) is 4.79 Å². The molecule has 0 aliphatic carbocycles. The van der Waals surface area contributed by atoms with Crippen molar-refractivity contribution < 1.29 is 4.79 Å². The molecule has 4 heteroatoms. The van der Waals surface area contributed by atoms with Crippen LogP contribution >= 0.6 is 11.8 Å². The lowest BCUT2D eigenvalue weighted by Crippen LogP contribution is -2.35. The number of nitrogens with one attached hydrogen (secondary N) is 1. The maximum absolute atomic E-state index is 11.9. The minimum absolute atomic E-state index is 0.0533. The first-order chi connectivity index (χ1) is 9.47. The van der Waals surface area contributed by atoms with Gasteiger partial charge in [-0.05, 0) is 45.4 Å². The van der Waals surface area contributed by atoms with E-state index in [1.807, 2.05) is 45.0 Å². The topological polar surface area (TPSA) is 42.0 Å². The zero-order valence-electron chi connectivity index (χ0n) is 12.3. The molecule has 1 atom stereocenters. The van der Waals surface area contributed by atoms with Crippen molar-refractivity contribution in [2.45, 2.75) is 44.0 Å². The summed E-state index contributed by atoms with van der Waals surface area (Å²) in [5, 5.41) is 4.84. The van der Waals surface area contributed by atoms with Crippen LogP contribution in [0.25, 0.3) is 10.9 Å². The van der Waals surface area contributed by atoms with E-state index in [1.54, 1.807) is 0 Å². The second kappa shape index (κ2) is 6.27. The van der Waals surface area contributed by atoms with Gasteiger partial charge in [-0.15, -0.1) is 0 Å². The lowest BCUT2D eigenvalue weighted by Gasteiger charge is -2.14. The van der Waals surface area contributed by atoms with Crippen LogP contribution in [0.1, 0.15) is 26.3 Å². The van der Waals surface area contributed by atoms with Gasteiger partial charge >= 0.3 is 0 Å². The second-order valence-corrected chi connectivity index (χ2v) is 6.58. The number of thioether (sulfide) groups is 1. The van der Waals surface area contributed by atoms with Gasteiger partial charge in [0.25, 0.3) is 0 Å². The molecule has 0 saturated carbocycles. The number of pyridine rings is 1. The number of carbonyl (C=O) groups is 1. The highest BCUT2D eigenvalue weighted by atomic mass is 32.2. The Balaban J connectivity index is 2.19. The molecule has 0 bridgehead atoms. The van der Waals surface area contributed by atoms with Crippen LogP contribution in [0.4, 0.5) is 0 Å². The fourth-order valence-electron chi connectivity index (χ4n) is 2.02. The molecule has 1 amide bonds. The number of hydrogen-bond donors (Lipinski definition) is 1. The third-order valence-electron chi connectivity index (χ3n) is 3.00. The van der Waals surface area contributed by atoms with E-state index < -0.39 is 0 Å². The Bertz CT molecular complexity index is 625. The summed E-state index contributed by atoms with van der Waals surface area (Å²) >= 11 is 1.50. The number of hydrogen-bond acceptors (Lipinski definition) is 3. The summed E-state index contributed by atoms with van der Waals surface area (Å²) in [7, 11) is 0. The van der Waals surface area contributed by atoms with E-state index in [9.17, 15) is 4.79 Å². The molecule has 0 unspecified atom stereocenters. The smallest absolute Gasteiger partial charge is 0.233 e. The SMILES string of the molecule is Cc1cc(S[C@H](C)C(=O)NC(C)C)nc2ccccc12. The Morgan fingerprint density at radius 3 is 2.65 bits per heavy atom. The van der Waals surface area contributed by atoms with Crippen molar-refractivity contribution >= 4 is 28.6 Å². The van der Waals surface area contributed by atoms with Crippen LogP contribution in [0, 0.1) is 6.92 Å². The third-order valence-corrected chi connectivity index (χ3v) is 4.02. The zero-order valence-corrected chi connectivity index (χ0v) is 13.1. The zero-order chi connectivity index (χ0) is 14.7. The second-order valence-electron chi connectivity index (χ2n) is 5.22. The van der Waals surface area contributed by atoms with Crippen molar-refractivity contribution in [3.63, 3.8) is 0 Å². The van der Waals surface area contributed by atoms with Gasteiger partial charge in [-0.1, -0.05) is 30.0 Å². The molecule has 0 aliphatic rings. The minimum Gasteiger partial charge on any atom is -0.353 e. The van der Waals surface area contributed by atoms with Gasteiger partial charge in [-0.2, -0.15) is 0 Å². The van der Waals surface area contributed by atoms with Gasteiger partial charge in [0.15, 0.2) is 0 Å². The minimum atomic E-state index is -0.148. The summed E-state index contributed by atoms with van der Waals surface area (Å²) in [6, 6.07) is 10.3. The highest BCUT2D eigenvalue weighted by molar-refractivity contribution is 8.00. The van der Waals surface area contributed by atoms with Crippen LogP contribution in [-0.4, -0.2) is 22.2 Å². The van der Waals surface area contributed by atoms with Gasteiger partial charge in [-0.3, -0.25) is 4.79 Å². The largest absolute Gasteiger partial charge is 0.353 e. The van der Waals surface area contributed by atoms with E-state index in [2.05, 4.69) is 23.3 Å². The van der Waals surface area contributed by atoms with E-state index in [-0.39, 0.29) is 17.2 Å². The average molecular weight is 288 g/mol. The van der Waals surface area contributed by atoms with Crippen molar-refractivity contribution in [1.82, 2.24) is 10.3 Å². The molecule has 2 rings (SSSR count). The van der Waals surface area contributed by atoms with E-state index in [0.717, 1.165) is 15.9 Å². The number of fused-ring (bicyclic) bond motifs is 1. The lowest BCUT2D eigenvalue weighted by atomic mass is 10.1. The fourth-order valence-corrected chi connectivity index (χ4v) is 2.95. The molecule has 0 aliphatic heterocycles. The number of benzene rings is 1. The molecule has 0 spiro atoms. The molecule has 0 saturated heterocycles. The molecule has 20 heavy (non-hydrogen) atoms. The van der Waals surface area contributed by atoms with Gasteiger partial charge in [0, 0.05) is 11.4 Å². The highest BCUT2D eigenvalue weighted by Crippen LogP contribution is 2.26. The first-order valence-electron chi connectivity index (χ1n) is 6.81. The van der Waals surface area contributed by atoms with Gasteiger partial charge in [0.2, 0.25) is 5.91 Å². The fraction of sp³-hybridized carbons (Fsp3) is 0.375. The number of nitrogens with zero attached hydrogens (tertiary/aromatic N) is 1. The van der Waals surface area contributed by atoms with E-state index in [0.29, 0.717) is 0 Å². The molecule has 1 N–H and O–H groups in total. The van der Waals surface area contributed by atoms with Crippen LogP contribution in [0.2, 0.25) is 0 Å². The normalized spacial score (nSPS) is 12.7. The van der Waals surface area contributed by atoms with Crippen molar-refractivity contribution in [3.8, 4) is 0 Å². The monoisotopic (exact) mass is 288 g/mol. The van der Waals surface area contributed by atoms with Crippen LogP contribution < -0.4 is 5.32 Å². The Labute approximate surface area is 124 Å². The van der Waals surface area contributed by atoms with Gasteiger partial charge in [-0.25, -0.2) is 4.98 Å². The summed E-state index contributed by atoms with van der Waals surface area (Å²) in [5.74, 6) is 0.0533. The molecule has 106 valence electrons. The molecule has 1 aromatic carbocycles. The third kappa shape index (κ3) is 3.51.